The van der Waals surface area contributed by atoms with Crippen LogP contribution < -0.4 is 10.9 Å². The first-order valence-electron chi connectivity index (χ1n) is 12.3. The van der Waals surface area contributed by atoms with E-state index in [0.717, 1.165) is 5.56 Å². The molecule has 1 saturated heterocycles. The maximum atomic E-state index is 13.7. The van der Waals surface area contributed by atoms with Crippen LogP contribution >= 0.6 is 10.6 Å². The first-order valence-corrected chi connectivity index (χ1v) is 14.2. The number of anilines is 1. The predicted molar refractivity (Wildman–Crippen MR) is 147 cm³/mol. The molecule has 5 rings (SSSR count). The number of para-hydroxylation sites is 1. The molecule has 1 fully saturated rings. The molecule has 1 aliphatic heterocycles. The maximum absolute atomic E-state index is 13.7. The number of nitrogens with one attached hydrogen (secondary N) is 2. The van der Waals surface area contributed by atoms with Crippen LogP contribution in [0.4, 0.5) is 10.2 Å². The van der Waals surface area contributed by atoms with Crippen molar-refractivity contribution in [2.24, 2.45) is 5.41 Å². The Kier molecular flexibility index (Phi) is 7.10. The number of aliphatic hydroxyl groups excluding tert-OH is 1. The van der Waals surface area contributed by atoms with Gasteiger partial charge >= 0.3 is 0 Å². The average molecular weight is 540 g/mol. The number of aryl methyl sites for hydroxylation is 1. The van der Waals surface area contributed by atoms with Crippen molar-refractivity contribution >= 4 is 16.4 Å². The third-order valence-corrected chi connectivity index (χ3v) is 8.90. The summed E-state index contributed by atoms with van der Waals surface area (Å²) in [5.74, 6) is 0.572. The van der Waals surface area contributed by atoms with Gasteiger partial charge in [0.05, 0.1) is 29.2 Å². The maximum Gasteiger partial charge on any atom is 0.271 e. The summed E-state index contributed by atoms with van der Waals surface area (Å²) in [6.45, 7) is 2.13. The lowest BCUT2D eigenvalue weighted by Gasteiger charge is -2.45. The highest BCUT2D eigenvalue weighted by Gasteiger charge is 2.37. The molecule has 5 N–H and O–H groups in total. The summed E-state index contributed by atoms with van der Waals surface area (Å²) in [7, 11) is -2.61. The summed E-state index contributed by atoms with van der Waals surface area (Å²) >= 11 is 0. The standard InChI is InChI=1S/C27H30FN5O4S/c1-18-4-2-3-5-22(18)33-23(35)11-10-21(32-33)24-25(19-6-8-20(28)9-7-19)30-31-26(24)29-16-27(17-34)12-14-38(36,37)15-13-27/h2-11,34,36-37H,12-17H2,1H3,(H2,29,30,31). The average Bonchev–Trinajstić information content (AvgIpc) is 3.34. The van der Waals surface area contributed by atoms with Crippen molar-refractivity contribution in [3.8, 4) is 28.2 Å². The number of benzene rings is 2. The highest BCUT2D eigenvalue weighted by Crippen LogP contribution is 2.50. The lowest BCUT2D eigenvalue weighted by atomic mass is 9.82. The Morgan fingerprint density at radius 3 is 2.47 bits per heavy atom. The van der Waals surface area contributed by atoms with Gasteiger partial charge in [-0.2, -0.15) is 25.5 Å². The summed E-state index contributed by atoms with van der Waals surface area (Å²) in [5.41, 5.74) is 3.04. The van der Waals surface area contributed by atoms with Crippen LogP contribution in [0, 0.1) is 18.2 Å². The van der Waals surface area contributed by atoms with E-state index in [0.29, 0.717) is 53.4 Å². The monoisotopic (exact) mass is 539 g/mol. The van der Waals surface area contributed by atoms with Crippen molar-refractivity contribution in [2.75, 3.05) is 30.0 Å². The van der Waals surface area contributed by atoms with E-state index in [1.54, 1.807) is 18.2 Å². The Bertz CT molecular complexity index is 1490. The predicted octanol–water partition coefficient (Wildman–Crippen LogP) is 4.67. The fourth-order valence-electron chi connectivity index (χ4n) is 4.71. The van der Waals surface area contributed by atoms with Crippen molar-refractivity contribution < 1.29 is 18.6 Å². The minimum atomic E-state index is -2.61. The zero-order valence-electron chi connectivity index (χ0n) is 20.9. The summed E-state index contributed by atoms with van der Waals surface area (Å²) < 4.78 is 35.1. The molecule has 0 bridgehead atoms. The van der Waals surface area contributed by atoms with Crippen molar-refractivity contribution in [3.63, 3.8) is 0 Å². The molecular weight excluding hydrogens is 509 g/mol. The van der Waals surface area contributed by atoms with Crippen molar-refractivity contribution in [1.82, 2.24) is 20.0 Å². The van der Waals surface area contributed by atoms with Crippen LogP contribution in [-0.4, -0.2) is 58.8 Å². The summed E-state index contributed by atoms with van der Waals surface area (Å²) in [6.07, 6.45) is 0.916. The molecule has 9 nitrogen and oxygen atoms in total. The molecule has 0 atom stereocenters. The molecule has 3 heterocycles. The highest BCUT2D eigenvalue weighted by molar-refractivity contribution is 8.24. The minimum Gasteiger partial charge on any atom is -0.396 e. The van der Waals surface area contributed by atoms with E-state index < -0.39 is 16.0 Å². The number of nitrogens with zero attached hydrogens (tertiary/aromatic N) is 3. The van der Waals surface area contributed by atoms with Crippen molar-refractivity contribution in [3.05, 3.63) is 82.4 Å². The number of aromatic amines is 1. The SMILES string of the molecule is Cc1ccccc1-n1nc(-c2c(NCC3(CO)CCS(O)(O)CC3)n[nH]c2-c2ccc(F)cc2)ccc1=O. The molecule has 200 valence electrons. The van der Waals surface area contributed by atoms with Gasteiger partial charge < -0.3 is 10.4 Å². The van der Waals surface area contributed by atoms with Gasteiger partial charge in [0, 0.05) is 35.1 Å². The highest BCUT2D eigenvalue weighted by atomic mass is 32.3. The number of aliphatic hydroxyl groups is 1. The number of hydrogen-bond donors (Lipinski definition) is 5. The molecule has 0 spiro atoms. The molecule has 0 amide bonds. The molecule has 11 heteroatoms. The van der Waals surface area contributed by atoms with Crippen molar-refractivity contribution in [1.29, 1.82) is 0 Å². The Morgan fingerprint density at radius 2 is 1.79 bits per heavy atom. The van der Waals surface area contributed by atoms with E-state index in [4.69, 9.17) is 0 Å². The third kappa shape index (κ3) is 5.23. The molecule has 4 aromatic rings. The zero-order valence-corrected chi connectivity index (χ0v) is 21.7. The summed E-state index contributed by atoms with van der Waals surface area (Å²) in [4.78, 5) is 12.8. The van der Waals surface area contributed by atoms with Gasteiger partial charge in [-0.15, -0.1) is 0 Å². The fraction of sp³-hybridized carbons (Fsp3) is 0.296. The summed E-state index contributed by atoms with van der Waals surface area (Å²) in [5, 5.41) is 25.7. The van der Waals surface area contributed by atoms with Gasteiger partial charge in [0.25, 0.3) is 5.56 Å². The number of hydrogen-bond acceptors (Lipinski definition) is 7. The zero-order chi connectivity index (χ0) is 26.9. The topological polar surface area (TPSA) is 136 Å². The van der Waals surface area contributed by atoms with E-state index in [1.807, 2.05) is 31.2 Å². The Hall–Kier alpha value is -3.51. The molecule has 0 aliphatic carbocycles. The smallest absolute Gasteiger partial charge is 0.271 e. The lowest BCUT2D eigenvalue weighted by Crippen LogP contribution is -2.40. The van der Waals surface area contributed by atoms with Crippen LogP contribution in [0.3, 0.4) is 0 Å². The number of rotatable bonds is 7. The first kappa shape index (κ1) is 26.1. The molecule has 0 radical (unpaired) electrons. The fourth-order valence-corrected chi connectivity index (χ4v) is 6.44. The van der Waals surface area contributed by atoms with Crippen LogP contribution in [0.25, 0.3) is 28.2 Å². The van der Waals surface area contributed by atoms with Crippen molar-refractivity contribution in [2.45, 2.75) is 19.8 Å². The molecular formula is C27H30FN5O4S. The van der Waals surface area contributed by atoms with E-state index in [2.05, 4.69) is 20.6 Å². The summed E-state index contributed by atoms with van der Waals surface area (Å²) in [6, 6.07) is 16.5. The van der Waals surface area contributed by atoms with Gasteiger partial charge in [-0.3, -0.25) is 19.0 Å². The quantitative estimate of drug-likeness (QED) is 0.230. The second kappa shape index (κ2) is 10.3. The van der Waals surface area contributed by atoms with Crippen LogP contribution in [0.15, 0.2) is 65.5 Å². The Balaban J connectivity index is 1.57. The van der Waals surface area contributed by atoms with E-state index >= 15 is 0 Å². The molecule has 0 saturated carbocycles. The van der Waals surface area contributed by atoms with Gasteiger partial charge in [0.2, 0.25) is 0 Å². The van der Waals surface area contributed by atoms with Crippen LogP contribution in [-0.2, 0) is 0 Å². The first-order chi connectivity index (χ1) is 18.2. The Morgan fingerprint density at radius 1 is 1.08 bits per heavy atom. The number of halogens is 1. The van der Waals surface area contributed by atoms with Gasteiger partial charge in [-0.1, -0.05) is 18.2 Å². The molecule has 2 aromatic heterocycles. The van der Waals surface area contributed by atoms with Gasteiger partial charge in [0.1, 0.15) is 5.82 Å². The van der Waals surface area contributed by atoms with Gasteiger partial charge in [-0.25, -0.2) is 4.39 Å². The molecule has 1 aliphatic rings. The molecule has 0 unspecified atom stereocenters. The lowest BCUT2D eigenvalue weighted by molar-refractivity contribution is 0.122. The number of aromatic nitrogens is 4. The van der Waals surface area contributed by atoms with E-state index in [-0.39, 0.29) is 29.5 Å². The number of H-pyrrole nitrogens is 1. The van der Waals surface area contributed by atoms with Crippen LogP contribution in [0.1, 0.15) is 18.4 Å². The third-order valence-electron chi connectivity index (χ3n) is 7.18. The second-order valence-electron chi connectivity index (χ2n) is 9.81. The van der Waals surface area contributed by atoms with Crippen LogP contribution in [0.5, 0.6) is 0 Å². The van der Waals surface area contributed by atoms with Gasteiger partial charge in [0.15, 0.2) is 5.82 Å². The van der Waals surface area contributed by atoms with Crippen LogP contribution in [0.2, 0.25) is 0 Å². The van der Waals surface area contributed by atoms with E-state index in [1.165, 1.54) is 22.9 Å². The second-order valence-corrected chi connectivity index (χ2v) is 12.2. The van der Waals surface area contributed by atoms with E-state index in [9.17, 15) is 23.4 Å². The normalized spacial score (nSPS) is 17.2. The molecule has 2 aromatic carbocycles. The minimum absolute atomic E-state index is 0.115. The Labute approximate surface area is 220 Å². The van der Waals surface area contributed by atoms with Gasteiger partial charge in [-0.05, 0) is 61.7 Å². The largest absolute Gasteiger partial charge is 0.396 e. The molecule has 38 heavy (non-hydrogen) atoms.